The van der Waals surface area contributed by atoms with E-state index >= 15 is 0 Å². The molecule has 0 aliphatic carbocycles. The largest absolute Gasteiger partial charge is 0.496 e. The lowest BCUT2D eigenvalue weighted by Gasteiger charge is -2.19. The number of carbonyl (C=O) groups is 2. The Morgan fingerprint density at radius 3 is 2.70 bits per heavy atom. The molecule has 0 aromatic heterocycles. The maximum absolute atomic E-state index is 11.2. The molecule has 0 radical (unpaired) electrons. The minimum atomic E-state index is -0.874. The lowest BCUT2D eigenvalue weighted by atomic mass is 10.0. The zero-order valence-corrected chi connectivity index (χ0v) is 13.1. The lowest BCUT2D eigenvalue weighted by Crippen LogP contribution is -2.35. The zero-order chi connectivity index (χ0) is 15.1. The van der Waals surface area contributed by atoms with Crippen molar-refractivity contribution >= 4 is 27.8 Å². The average Bonchev–Trinajstić information content (AvgIpc) is 2.35. The first-order valence-electron chi connectivity index (χ1n) is 6.23. The van der Waals surface area contributed by atoms with Crippen molar-refractivity contribution in [2.24, 2.45) is 0 Å². The Balaban J connectivity index is 2.84. The van der Waals surface area contributed by atoms with Gasteiger partial charge >= 0.3 is 5.97 Å². The van der Waals surface area contributed by atoms with Crippen molar-refractivity contribution < 1.29 is 19.4 Å². The van der Waals surface area contributed by atoms with Crippen LogP contribution < -0.4 is 10.1 Å². The molecular weight excluding hydrogens is 326 g/mol. The summed E-state index contributed by atoms with van der Waals surface area (Å²) in [7, 11) is 1.58. The number of amides is 1. The average molecular weight is 344 g/mol. The minimum absolute atomic E-state index is 0.0151. The number of aliphatic carboxylic acids is 1. The molecule has 1 aromatic carbocycles. The molecule has 0 aliphatic heterocycles. The van der Waals surface area contributed by atoms with Crippen molar-refractivity contribution in [3.05, 3.63) is 28.2 Å². The number of hydrogen-bond acceptors (Lipinski definition) is 3. The van der Waals surface area contributed by atoms with Crippen LogP contribution in [0.4, 0.5) is 0 Å². The second-order valence-corrected chi connectivity index (χ2v) is 5.41. The van der Waals surface area contributed by atoms with Gasteiger partial charge in [0.05, 0.1) is 7.11 Å². The molecule has 5 nitrogen and oxygen atoms in total. The summed E-state index contributed by atoms with van der Waals surface area (Å²) >= 11 is 3.39. The van der Waals surface area contributed by atoms with Crippen LogP contribution in [0.1, 0.15) is 25.3 Å². The van der Waals surface area contributed by atoms with E-state index in [9.17, 15) is 9.59 Å². The molecule has 6 heteroatoms. The van der Waals surface area contributed by atoms with Crippen LogP contribution in [0.25, 0.3) is 0 Å². The maximum atomic E-state index is 11.2. The third-order valence-corrected chi connectivity index (χ3v) is 3.32. The molecule has 20 heavy (non-hydrogen) atoms. The molecule has 110 valence electrons. The predicted octanol–water partition coefficient (Wildman–Crippen LogP) is 2.37. The van der Waals surface area contributed by atoms with Crippen molar-refractivity contribution in [3.8, 4) is 5.75 Å². The van der Waals surface area contributed by atoms with E-state index in [1.165, 1.54) is 6.92 Å². The number of hydrogen-bond donors (Lipinski definition) is 2. The standard InChI is InChI=1S/C14H18BrNO4/c1-9(17)16-12(4-6-14(18)19)8-10-7-11(15)3-5-13(10)20-2/h3,5,7,12H,4,6,8H2,1-2H3,(H,16,17)(H,18,19). The number of rotatable bonds is 7. The van der Waals surface area contributed by atoms with Crippen molar-refractivity contribution in [2.45, 2.75) is 32.2 Å². The van der Waals surface area contributed by atoms with Gasteiger partial charge in [0, 0.05) is 23.9 Å². The molecule has 1 rings (SSSR count). The maximum Gasteiger partial charge on any atom is 0.303 e. The summed E-state index contributed by atoms with van der Waals surface area (Å²) < 4.78 is 6.19. The molecular formula is C14H18BrNO4. The number of benzene rings is 1. The zero-order valence-electron chi connectivity index (χ0n) is 11.5. The number of nitrogens with one attached hydrogen (secondary N) is 1. The van der Waals surface area contributed by atoms with Gasteiger partial charge in [-0.2, -0.15) is 0 Å². The number of halogens is 1. The topological polar surface area (TPSA) is 75.6 Å². The quantitative estimate of drug-likeness (QED) is 0.796. The first-order chi connectivity index (χ1) is 9.42. The van der Waals surface area contributed by atoms with Crippen molar-refractivity contribution in [1.82, 2.24) is 5.32 Å². The van der Waals surface area contributed by atoms with Gasteiger partial charge in [-0.3, -0.25) is 9.59 Å². The second kappa shape index (κ2) is 7.89. The summed E-state index contributed by atoms with van der Waals surface area (Å²) in [5, 5.41) is 11.5. The van der Waals surface area contributed by atoms with Crippen molar-refractivity contribution in [1.29, 1.82) is 0 Å². The molecule has 1 unspecified atom stereocenters. The van der Waals surface area contributed by atoms with Crippen LogP contribution in [0.3, 0.4) is 0 Å². The predicted molar refractivity (Wildman–Crippen MR) is 78.9 cm³/mol. The Kier molecular flexibility index (Phi) is 6.51. The monoisotopic (exact) mass is 343 g/mol. The van der Waals surface area contributed by atoms with E-state index in [0.29, 0.717) is 12.8 Å². The molecule has 1 atom stereocenters. The second-order valence-electron chi connectivity index (χ2n) is 4.49. The van der Waals surface area contributed by atoms with E-state index in [0.717, 1.165) is 15.8 Å². The van der Waals surface area contributed by atoms with Crippen LogP contribution in [-0.2, 0) is 16.0 Å². The van der Waals surface area contributed by atoms with Gasteiger partial charge in [0.15, 0.2) is 0 Å². The Bertz CT molecular complexity index is 490. The van der Waals surface area contributed by atoms with E-state index in [1.54, 1.807) is 7.11 Å². The molecule has 1 amide bonds. The normalized spacial score (nSPS) is 11.8. The summed E-state index contributed by atoms with van der Waals surface area (Å²) in [5.74, 6) is -0.324. The summed E-state index contributed by atoms with van der Waals surface area (Å²) in [6, 6.07) is 5.38. The van der Waals surface area contributed by atoms with Crippen LogP contribution >= 0.6 is 15.9 Å². The summed E-state index contributed by atoms with van der Waals surface area (Å²) in [6.45, 7) is 1.42. The van der Waals surface area contributed by atoms with Crippen LogP contribution in [0, 0.1) is 0 Å². The Morgan fingerprint density at radius 1 is 1.45 bits per heavy atom. The molecule has 1 aromatic rings. The van der Waals surface area contributed by atoms with Crippen molar-refractivity contribution in [2.75, 3.05) is 7.11 Å². The molecule has 2 N–H and O–H groups in total. The number of carboxylic acid groups (broad SMARTS) is 1. The summed E-state index contributed by atoms with van der Waals surface area (Å²) in [4.78, 5) is 21.9. The lowest BCUT2D eigenvalue weighted by molar-refractivity contribution is -0.137. The van der Waals surface area contributed by atoms with E-state index < -0.39 is 5.97 Å². The Hall–Kier alpha value is -1.56. The van der Waals surface area contributed by atoms with Gasteiger partial charge in [-0.25, -0.2) is 0 Å². The highest BCUT2D eigenvalue weighted by molar-refractivity contribution is 9.10. The van der Waals surface area contributed by atoms with Crippen LogP contribution in [0.2, 0.25) is 0 Å². The molecule has 0 aliphatic rings. The molecule has 0 spiro atoms. The summed E-state index contributed by atoms with van der Waals surface area (Å²) in [5.41, 5.74) is 0.922. The van der Waals surface area contributed by atoms with Crippen LogP contribution in [0.15, 0.2) is 22.7 Å². The SMILES string of the molecule is COc1ccc(Br)cc1CC(CCC(=O)O)NC(C)=O. The number of carbonyl (C=O) groups excluding carboxylic acids is 1. The number of ether oxygens (including phenoxy) is 1. The molecule has 0 saturated carbocycles. The fourth-order valence-electron chi connectivity index (χ4n) is 1.98. The summed E-state index contributed by atoms with van der Waals surface area (Å²) in [6.07, 6.45) is 0.918. The van der Waals surface area contributed by atoms with Crippen LogP contribution in [0.5, 0.6) is 5.75 Å². The first-order valence-corrected chi connectivity index (χ1v) is 7.03. The third kappa shape index (κ3) is 5.61. The van der Waals surface area contributed by atoms with E-state index in [1.807, 2.05) is 18.2 Å². The molecule has 0 fully saturated rings. The minimum Gasteiger partial charge on any atom is -0.496 e. The highest BCUT2D eigenvalue weighted by Crippen LogP contribution is 2.24. The Labute approximate surface area is 126 Å². The van der Waals surface area contributed by atoms with E-state index in [-0.39, 0.29) is 18.4 Å². The van der Waals surface area contributed by atoms with Gasteiger partial charge in [-0.15, -0.1) is 0 Å². The van der Waals surface area contributed by atoms with Gasteiger partial charge in [-0.1, -0.05) is 15.9 Å². The number of methoxy groups -OCH3 is 1. The fourth-order valence-corrected chi connectivity index (χ4v) is 2.39. The van der Waals surface area contributed by atoms with E-state index in [4.69, 9.17) is 9.84 Å². The highest BCUT2D eigenvalue weighted by atomic mass is 79.9. The Morgan fingerprint density at radius 2 is 2.15 bits per heavy atom. The number of carboxylic acids is 1. The van der Waals surface area contributed by atoms with Gasteiger partial charge in [0.25, 0.3) is 0 Å². The molecule has 0 bridgehead atoms. The van der Waals surface area contributed by atoms with Gasteiger partial charge < -0.3 is 15.2 Å². The van der Waals surface area contributed by atoms with Gasteiger partial charge in [-0.05, 0) is 36.6 Å². The molecule has 0 heterocycles. The smallest absolute Gasteiger partial charge is 0.303 e. The van der Waals surface area contributed by atoms with Crippen molar-refractivity contribution in [3.63, 3.8) is 0 Å². The third-order valence-electron chi connectivity index (χ3n) is 2.82. The first kappa shape index (κ1) is 16.5. The van der Waals surface area contributed by atoms with E-state index in [2.05, 4.69) is 21.2 Å². The van der Waals surface area contributed by atoms with Gasteiger partial charge in [0.2, 0.25) is 5.91 Å². The molecule has 0 saturated heterocycles. The van der Waals surface area contributed by atoms with Crippen LogP contribution in [-0.4, -0.2) is 30.1 Å². The van der Waals surface area contributed by atoms with Gasteiger partial charge in [0.1, 0.15) is 5.75 Å². The highest BCUT2D eigenvalue weighted by Gasteiger charge is 2.15. The fraction of sp³-hybridized carbons (Fsp3) is 0.429.